The summed E-state index contributed by atoms with van der Waals surface area (Å²) < 4.78 is 17.3. The molecule has 1 fully saturated rings. The van der Waals surface area contributed by atoms with Crippen molar-refractivity contribution in [3.63, 3.8) is 0 Å². The maximum atomic E-state index is 14.2. The van der Waals surface area contributed by atoms with E-state index in [0.717, 1.165) is 55.8 Å². The molecule has 2 aromatic carbocycles. The van der Waals surface area contributed by atoms with Gasteiger partial charge in [-0.1, -0.05) is 24.3 Å². The fourth-order valence-electron chi connectivity index (χ4n) is 6.08. The summed E-state index contributed by atoms with van der Waals surface area (Å²) in [5, 5.41) is 0. The lowest BCUT2D eigenvalue weighted by molar-refractivity contribution is -0.122. The third-order valence-corrected chi connectivity index (χ3v) is 7.92. The third kappa shape index (κ3) is 3.52. The van der Waals surface area contributed by atoms with Crippen LogP contribution in [0.5, 0.6) is 17.2 Å². The largest absolute Gasteiger partial charge is 0.491 e. The molecule has 1 unspecified atom stereocenters. The molecule has 0 N–H and O–H groups in total. The highest BCUT2D eigenvalue weighted by atomic mass is 35.5. The second kappa shape index (κ2) is 8.98. The fourth-order valence-corrected chi connectivity index (χ4v) is 6.08. The van der Waals surface area contributed by atoms with Gasteiger partial charge in [0.1, 0.15) is 17.8 Å². The van der Waals surface area contributed by atoms with Crippen LogP contribution in [0.15, 0.2) is 60.9 Å². The van der Waals surface area contributed by atoms with E-state index in [4.69, 9.17) is 14.2 Å². The van der Waals surface area contributed by atoms with Crippen LogP contribution >= 0.6 is 12.4 Å². The second-order valence-corrected chi connectivity index (χ2v) is 9.91. The van der Waals surface area contributed by atoms with Crippen molar-refractivity contribution in [2.75, 3.05) is 37.9 Å². The molecule has 1 aromatic heterocycles. The van der Waals surface area contributed by atoms with Crippen LogP contribution in [-0.4, -0.2) is 48.8 Å². The summed E-state index contributed by atoms with van der Waals surface area (Å²) in [7, 11) is 0. The number of hydrogen-bond acceptors (Lipinski definition) is 6. The molecular formula is C28H28ClN3O4. The van der Waals surface area contributed by atoms with Crippen LogP contribution in [0.25, 0.3) is 0 Å². The zero-order valence-electron chi connectivity index (χ0n) is 19.9. The van der Waals surface area contributed by atoms with Crippen molar-refractivity contribution < 1.29 is 19.0 Å². The van der Waals surface area contributed by atoms with Crippen LogP contribution in [0.2, 0.25) is 0 Å². The number of amides is 1. The number of likely N-dealkylation sites (tertiary alicyclic amines) is 1. The van der Waals surface area contributed by atoms with Gasteiger partial charge in [-0.25, -0.2) is 0 Å². The first-order chi connectivity index (χ1) is 17.2. The molecule has 0 saturated carbocycles. The molecule has 1 spiro atoms. The molecule has 1 atom stereocenters. The number of para-hydroxylation sites is 1. The normalized spacial score (nSPS) is 22.3. The minimum absolute atomic E-state index is 0. The molecule has 4 aliphatic rings. The lowest BCUT2D eigenvalue weighted by Crippen LogP contribution is -2.45. The highest BCUT2D eigenvalue weighted by Crippen LogP contribution is 2.55. The first kappa shape index (κ1) is 23.1. The average Bonchev–Trinajstić information content (AvgIpc) is 3.57. The lowest BCUT2D eigenvalue weighted by atomic mass is 9.77. The Morgan fingerprint density at radius 3 is 2.56 bits per heavy atom. The first-order valence-electron chi connectivity index (χ1n) is 12.3. The SMILES string of the molecule is Cl.O=C1N(CC2CCN(Cc3cccnc3)CC2)c2ccccc2C12COc1cc3c(cc12)OCO3. The summed E-state index contributed by atoms with van der Waals surface area (Å²) in [6.07, 6.45) is 5.91. The molecule has 0 aliphatic carbocycles. The first-order valence-corrected chi connectivity index (χ1v) is 12.3. The minimum atomic E-state index is -0.825. The Kier molecular flexibility index (Phi) is 5.77. The number of aromatic nitrogens is 1. The van der Waals surface area contributed by atoms with Crippen LogP contribution in [-0.2, 0) is 16.8 Å². The predicted molar refractivity (Wildman–Crippen MR) is 137 cm³/mol. The van der Waals surface area contributed by atoms with E-state index < -0.39 is 5.41 Å². The van der Waals surface area contributed by atoms with E-state index in [2.05, 4.69) is 28.1 Å². The van der Waals surface area contributed by atoms with Crippen molar-refractivity contribution >= 4 is 24.0 Å². The summed E-state index contributed by atoms with van der Waals surface area (Å²) in [5.74, 6) is 2.63. The van der Waals surface area contributed by atoms with Crippen LogP contribution in [0, 0.1) is 5.92 Å². The van der Waals surface area contributed by atoms with Gasteiger partial charge in [0, 0.05) is 42.8 Å². The van der Waals surface area contributed by atoms with Gasteiger partial charge in [0.2, 0.25) is 12.7 Å². The average molecular weight is 506 g/mol. The number of carbonyl (C=O) groups is 1. The number of carbonyl (C=O) groups excluding carboxylic acids is 1. The van der Waals surface area contributed by atoms with Gasteiger partial charge in [-0.2, -0.15) is 0 Å². The van der Waals surface area contributed by atoms with Crippen LogP contribution in [0.3, 0.4) is 0 Å². The third-order valence-electron chi connectivity index (χ3n) is 7.92. The van der Waals surface area contributed by atoms with Crippen LogP contribution < -0.4 is 19.1 Å². The fraction of sp³-hybridized carbons (Fsp3) is 0.357. The number of piperidine rings is 1. The van der Waals surface area contributed by atoms with Gasteiger partial charge in [0.15, 0.2) is 11.5 Å². The molecular weight excluding hydrogens is 478 g/mol. The molecule has 5 heterocycles. The molecule has 0 bridgehead atoms. The Bertz CT molecular complexity index is 1300. The van der Waals surface area contributed by atoms with Crippen molar-refractivity contribution in [2.24, 2.45) is 5.92 Å². The van der Waals surface area contributed by atoms with Gasteiger partial charge in [0.05, 0.1) is 0 Å². The summed E-state index contributed by atoms with van der Waals surface area (Å²) in [5.41, 5.74) is 3.33. The van der Waals surface area contributed by atoms with E-state index in [-0.39, 0.29) is 25.1 Å². The Labute approximate surface area is 216 Å². The number of nitrogens with zero attached hydrogens (tertiary/aromatic N) is 3. The molecule has 1 saturated heterocycles. The van der Waals surface area contributed by atoms with E-state index in [1.807, 2.05) is 47.6 Å². The predicted octanol–water partition coefficient (Wildman–Crippen LogP) is 4.17. The summed E-state index contributed by atoms with van der Waals surface area (Å²) in [4.78, 5) is 22.9. The zero-order valence-corrected chi connectivity index (χ0v) is 20.7. The van der Waals surface area contributed by atoms with Crippen molar-refractivity contribution in [3.8, 4) is 17.2 Å². The maximum absolute atomic E-state index is 14.2. The number of hydrogen-bond donors (Lipinski definition) is 0. The Hall–Kier alpha value is -3.29. The van der Waals surface area contributed by atoms with Gasteiger partial charge in [-0.15, -0.1) is 12.4 Å². The summed E-state index contributed by atoms with van der Waals surface area (Å²) in [6.45, 7) is 4.23. The molecule has 186 valence electrons. The van der Waals surface area contributed by atoms with Gasteiger partial charge in [-0.05, 0) is 61.2 Å². The molecule has 3 aromatic rings. The van der Waals surface area contributed by atoms with E-state index in [0.29, 0.717) is 29.8 Å². The number of pyridine rings is 1. The Morgan fingerprint density at radius 2 is 1.75 bits per heavy atom. The molecule has 36 heavy (non-hydrogen) atoms. The zero-order chi connectivity index (χ0) is 23.4. The highest BCUT2D eigenvalue weighted by molar-refractivity contribution is 6.11. The van der Waals surface area contributed by atoms with Gasteiger partial charge >= 0.3 is 0 Å². The molecule has 8 heteroatoms. The lowest BCUT2D eigenvalue weighted by Gasteiger charge is -2.34. The number of fused-ring (bicyclic) bond motifs is 5. The number of rotatable bonds is 4. The van der Waals surface area contributed by atoms with Gasteiger partial charge in [0.25, 0.3) is 0 Å². The minimum Gasteiger partial charge on any atom is -0.491 e. The van der Waals surface area contributed by atoms with Gasteiger partial charge < -0.3 is 19.1 Å². The van der Waals surface area contributed by atoms with Crippen LogP contribution in [0.4, 0.5) is 5.69 Å². The van der Waals surface area contributed by atoms with Gasteiger partial charge in [-0.3, -0.25) is 14.7 Å². The number of ether oxygens (including phenoxy) is 3. The number of halogens is 1. The summed E-state index contributed by atoms with van der Waals surface area (Å²) in [6, 6.07) is 16.1. The second-order valence-electron chi connectivity index (χ2n) is 9.91. The van der Waals surface area contributed by atoms with E-state index in [1.54, 1.807) is 0 Å². The van der Waals surface area contributed by atoms with E-state index in [1.165, 1.54) is 5.56 Å². The van der Waals surface area contributed by atoms with Crippen molar-refractivity contribution in [2.45, 2.75) is 24.8 Å². The van der Waals surface area contributed by atoms with E-state index in [9.17, 15) is 4.79 Å². The Balaban J connectivity index is 0.00000240. The monoisotopic (exact) mass is 505 g/mol. The smallest absolute Gasteiger partial charge is 0.245 e. The quantitative estimate of drug-likeness (QED) is 0.530. The highest BCUT2D eigenvalue weighted by Gasteiger charge is 2.57. The Morgan fingerprint density at radius 1 is 0.944 bits per heavy atom. The molecule has 4 aliphatic heterocycles. The van der Waals surface area contributed by atoms with Crippen molar-refractivity contribution in [3.05, 3.63) is 77.6 Å². The van der Waals surface area contributed by atoms with Crippen molar-refractivity contribution in [1.82, 2.24) is 9.88 Å². The van der Waals surface area contributed by atoms with Crippen LogP contribution in [0.1, 0.15) is 29.5 Å². The standard InChI is InChI=1S/C28H27N3O4.ClH/c32-27-28(17-33-24-13-26-25(12-22(24)28)34-18-35-26)21-5-1-2-6-23(21)31(27)16-19-7-10-30(11-8-19)15-20-4-3-9-29-14-20;/h1-6,9,12-14,19H,7-8,10-11,15-18H2;1H. The van der Waals surface area contributed by atoms with E-state index >= 15 is 0 Å². The number of anilines is 1. The topological polar surface area (TPSA) is 64.1 Å². The molecule has 7 rings (SSSR count). The van der Waals surface area contributed by atoms with Crippen molar-refractivity contribution in [1.29, 1.82) is 0 Å². The number of benzene rings is 2. The summed E-state index contributed by atoms with van der Waals surface area (Å²) >= 11 is 0. The molecule has 1 amide bonds. The molecule has 7 nitrogen and oxygen atoms in total. The molecule has 0 radical (unpaired) electrons. The maximum Gasteiger partial charge on any atom is 0.245 e.